The van der Waals surface area contributed by atoms with Gasteiger partial charge in [-0.2, -0.15) is 0 Å². The molecule has 2 aromatic rings. The third-order valence-electron chi connectivity index (χ3n) is 3.18. The number of imidazole rings is 1. The third kappa shape index (κ3) is 5.05. The number of alkyl halides is 2. The Morgan fingerprint density at radius 1 is 1.35 bits per heavy atom. The highest BCUT2D eigenvalue weighted by Crippen LogP contribution is 2.16. The highest BCUT2D eigenvalue weighted by molar-refractivity contribution is 5.79. The molecular weight excluding hydrogens is 300 g/mol. The van der Waals surface area contributed by atoms with Crippen LogP contribution in [0.15, 0.2) is 41.5 Å². The van der Waals surface area contributed by atoms with Gasteiger partial charge in [-0.3, -0.25) is 0 Å². The van der Waals surface area contributed by atoms with Crippen LogP contribution in [0, 0.1) is 0 Å². The Labute approximate surface area is 134 Å². The molecule has 1 heterocycles. The predicted molar refractivity (Wildman–Crippen MR) is 87.5 cm³/mol. The number of halogens is 2. The van der Waals surface area contributed by atoms with E-state index in [2.05, 4.69) is 20.3 Å². The van der Waals surface area contributed by atoms with Crippen molar-refractivity contribution in [3.8, 4) is 11.3 Å². The normalized spacial score (nSPS) is 11.8. The van der Waals surface area contributed by atoms with Crippen molar-refractivity contribution in [1.29, 1.82) is 0 Å². The number of aromatic amines is 1. The van der Waals surface area contributed by atoms with E-state index in [-0.39, 0.29) is 0 Å². The Morgan fingerprint density at radius 2 is 2.09 bits per heavy atom. The van der Waals surface area contributed by atoms with Crippen LogP contribution >= 0.6 is 0 Å². The van der Waals surface area contributed by atoms with Crippen molar-refractivity contribution in [2.24, 2.45) is 4.99 Å². The second kappa shape index (κ2) is 8.26. The van der Waals surface area contributed by atoms with E-state index >= 15 is 0 Å². The molecule has 0 saturated carbocycles. The molecule has 2 N–H and O–H groups in total. The Kier molecular flexibility index (Phi) is 6.08. The fourth-order valence-corrected chi connectivity index (χ4v) is 2.13. The van der Waals surface area contributed by atoms with Gasteiger partial charge in [0.15, 0.2) is 5.96 Å². The van der Waals surface area contributed by atoms with Gasteiger partial charge in [-0.05, 0) is 12.5 Å². The first kappa shape index (κ1) is 16.9. The molecule has 0 amide bonds. The highest BCUT2D eigenvalue weighted by Gasteiger charge is 2.11. The summed E-state index contributed by atoms with van der Waals surface area (Å²) < 4.78 is 24.7. The standard InChI is InChI=1S/C16H21F2N5/c1-3-19-16(21-10-14(17)18)23(2)11-15-20-9-13(22-15)12-7-5-4-6-8-12/h4-9,14H,3,10-11H2,1-2H3,(H,19,21)(H,20,22). The molecule has 2 rings (SSSR count). The Balaban J connectivity index is 2.05. The van der Waals surface area contributed by atoms with Crippen LogP contribution in [0.3, 0.4) is 0 Å². The maximum absolute atomic E-state index is 12.3. The molecule has 0 unspecified atom stereocenters. The lowest BCUT2D eigenvalue weighted by atomic mass is 10.2. The number of benzene rings is 1. The summed E-state index contributed by atoms with van der Waals surface area (Å²) in [5, 5.41) is 3.00. The first-order valence-electron chi connectivity index (χ1n) is 7.47. The topological polar surface area (TPSA) is 56.3 Å². The van der Waals surface area contributed by atoms with Gasteiger partial charge in [-0.1, -0.05) is 30.3 Å². The van der Waals surface area contributed by atoms with Crippen molar-refractivity contribution in [1.82, 2.24) is 20.2 Å². The van der Waals surface area contributed by atoms with E-state index < -0.39 is 13.0 Å². The van der Waals surface area contributed by atoms with Gasteiger partial charge in [-0.15, -0.1) is 0 Å². The van der Waals surface area contributed by atoms with Gasteiger partial charge in [0.05, 0.1) is 18.4 Å². The minimum atomic E-state index is -2.45. The predicted octanol–water partition coefficient (Wildman–Crippen LogP) is 2.74. The van der Waals surface area contributed by atoms with Crippen LogP contribution in [0.1, 0.15) is 12.7 Å². The van der Waals surface area contributed by atoms with Gasteiger partial charge in [0, 0.05) is 13.6 Å². The van der Waals surface area contributed by atoms with Crippen LogP contribution in [0.4, 0.5) is 8.78 Å². The monoisotopic (exact) mass is 321 g/mol. The van der Waals surface area contributed by atoms with Gasteiger partial charge in [0.2, 0.25) is 0 Å². The van der Waals surface area contributed by atoms with Crippen molar-refractivity contribution < 1.29 is 8.78 Å². The van der Waals surface area contributed by atoms with E-state index in [1.165, 1.54) is 0 Å². The fraction of sp³-hybridized carbons (Fsp3) is 0.375. The Hall–Kier alpha value is -2.44. The van der Waals surface area contributed by atoms with E-state index in [1.807, 2.05) is 37.3 Å². The maximum atomic E-state index is 12.3. The quantitative estimate of drug-likeness (QED) is 0.635. The summed E-state index contributed by atoms with van der Waals surface area (Å²) in [5.41, 5.74) is 1.97. The summed E-state index contributed by atoms with van der Waals surface area (Å²) in [6.45, 7) is 2.44. The first-order valence-corrected chi connectivity index (χ1v) is 7.47. The number of aromatic nitrogens is 2. The van der Waals surface area contributed by atoms with Crippen LogP contribution in [0.2, 0.25) is 0 Å². The lowest BCUT2D eigenvalue weighted by molar-refractivity contribution is 0.158. The number of aliphatic imine (C=N–C) groups is 1. The zero-order chi connectivity index (χ0) is 16.7. The number of H-pyrrole nitrogens is 1. The van der Waals surface area contributed by atoms with Gasteiger partial charge >= 0.3 is 0 Å². The number of rotatable bonds is 6. The van der Waals surface area contributed by atoms with E-state index in [0.717, 1.165) is 17.1 Å². The molecule has 0 fully saturated rings. The lowest BCUT2D eigenvalue weighted by Gasteiger charge is -2.20. The zero-order valence-electron chi connectivity index (χ0n) is 13.3. The average Bonchev–Trinajstić information content (AvgIpc) is 3.00. The van der Waals surface area contributed by atoms with Crippen LogP contribution in [-0.4, -0.2) is 47.4 Å². The van der Waals surface area contributed by atoms with Crippen LogP contribution in [-0.2, 0) is 6.54 Å². The number of nitrogens with one attached hydrogen (secondary N) is 2. The molecule has 0 aliphatic carbocycles. The van der Waals surface area contributed by atoms with E-state index in [1.54, 1.807) is 18.1 Å². The summed E-state index contributed by atoms with van der Waals surface area (Å²) in [4.78, 5) is 13.3. The summed E-state index contributed by atoms with van der Waals surface area (Å²) in [5.74, 6) is 1.18. The van der Waals surface area contributed by atoms with Gasteiger partial charge in [0.25, 0.3) is 6.43 Å². The zero-order valence-corrected chi connectivity index (χ0v) is 13.3. The molecule has 0 bridgehead atoms. The number of hydrogen-bond donors (Lipinski definition) is 2. The van der Waals surface area contributed by atoms with E-state index in [0.29, 0.717) is 19.0 Å². The number of hydrogen-bond acceptors (Lipinski definition) is 2. The van der Waals surface area contributed by atoms with E-state index in [4.69, 9.17) is 0 Å². The van der Waals surface area contributed by atoms with Crippen molar-refractivity contribution >= 4 is 5.96 Å². The molecule has 1 aromatic heterocycles. The second-order valence-corrected chi connectivity index (χ2v) is 5.05. The smallest absolute Gasteiger partial charge is 0.257 e. The van der Waals surface area contributed by atoms with Crippen molar-refractivity contribution in [2.75, 3.05) is 20.1 Å². The van der Waals surface area contributed by atoms with Crippen molar-refractivity contribution in [3.63, 3.8) is 0 Å². The molecule has 0 spiro atoms. The maximum Gasteiger partial charge on any atom is 0.257 e. The fourth-order valence-electron chi connectivity index (χ4n) is 2.13. The minimum Gasteiger partial charge on any atom is -0.357 e. The molecule has 0 aliphatic rings. The van der Waals surface area contributed by atoms with Gasteiger partial charge in [0.1, 0.15) is 12.4 Å². The van der Waals surface area contributed by atoms with Crippen molar-refractivity contribution in [3.05, 3.63) is 42.4 Å². The van der Waals surface area contributed by atoms with Crippen LogP contribution < -0.4 is 5.32 Å². The van der Waals surface area contributed by atoms with E-state index in [9.17, 15) is 8.78 Å². The molecule has 5 nitrogen and oxygen atoms in total. The molecule has 0 saturated heterocycles. The molecule has 0 aliphatic heterocycles. The SMILES string of the molecule is CCNC(=NCC(F)F)N(C)Cc1ncc(-c2ccccc2)[nH]1. The largest absolute Gasteiger partial charge is 0.357 e. The van der Waals surface area contributed by atoms with Crippen LogP contribution in [0.5, 0.6) is 0 Å². The first-order chi connectivity index (χ1) is 11.1. The Morgan fingerprint density at radius 3 is 2.74 bits per heavy atom. The average molecular weight is 321 g/mol. The summed E-state index contributed by atoms with van der Waals surface area (Å²) in [6, 6.07) is 9.87. The second-order valence-electron chi connectivity index (χ2n) is 5.05. The molecule has 0 radical (unpaired) electrons. The number of nitrogens with zero attached hydrogens (tertiary/aromatic N) is 3. The molecule has 23 heavy (non-hydrogen) atoms. The third-order valence-corrected chi connectivity index (χ3v) is 3.18. The Bertz CT molecular complexity index is 624. The molecular formula is C16H21F2N5. The molecule has 7 heteroatoms. The lowest BCUT2D eigenvalue weighted by Crippen LogP contribution is -2.39. The van der Waals surface area contributed by atoms with Gasteiger partial charge < -0.3 is 15.2 Å². The summed E-state index contributed by atoms with van der Waals surface area (Å²) >= 11 is 0. The molecule has 1 aromatic carbocycles. The minimum absolute atomic E-state index is 0.436. The molecule has 0 atom stereocenters. The number of guanidine groups is 1. The van der Waals surface area contributed by atoms with Crippen LogP contribution in [0.25, 0.3) is 11.3 Å². The summed E-state index contributed by atoms with van der Waals surface area (Å²) in [6.07, 6.45) is -0.688. The highest BCUT2D eigenvalue weighted by atomic mass is 19.3. The van der Waals surface area contributed by atoms with Crippen molar-refractivity contribution in [2.45, 2.75) is 19.9 Å². The molecule has 124 valence electrons. The summed E-state index contributed by atoms with van der Waals surface area (Å²) in [7, 11) is 1.79. The van der Waals surface area contributed by atoms with Gasteiger partial charge in [-0.25, -0.2) is 18.8 Å².